The van der Waals surface area contributed by atoms with Crippen LogP contribution in [0.5, 0.6) is 5.75 Å². The summed E-state index contributed by atoms with van der Waals surface area (Å²) in [7, 11) is 1.30. The maximum absolute atomic E-state index is 12.4. The predicted molar refractivity (Wildman–Crippen MR) is 118 cm³/mol. The third kappa shape index (κ3) is 5.85. The number of methoxy groups -OCH3 is 1. The highest BCUT2D eigenvalue weighted by Gasteiger charge is 2.16. The van der Waals surface area contributed by atoms with Crippen LogP contribution in [0.4, 0.5) is 5.69 Å². The number of esters is 1. The molecule has 31 heavy (non-hydrogen) atoms. The second kappa shape index (κ2) is 10.6. The highest BCUT2D eigenvalue weighted by atomic mass is 32.2. The largest absolute Gasteiger partial charge is 0.486 e. The number of aryl methyl sites for hydroxylation is 1. The van der Waals surface area contributed by atoms with E-state index < -0.39 is 5.97 Å². The second-order valence-electron chi connectivity index (χ2n) is 6.62. The first-order valence-electron chi connectivity index (χ1n) is 9.73. The van der Waals surface area contributed by atoms with Gasteiger partial charge in [-0.25, -0.2) is 4.79 Å². The Bertz CT molecular complexity index is 1050. The lowest BCUT2D eigenvalue weighted by molar-refractivity contribution is -0.113. The van der Waals surface area contributed by atoms with Crippen LogP contribution in [-0.2, 0) is 22.7 Å². The lowest BCUT2D eigenvalue weighted by Gasteiger charge is -2.10. The average molecular weight is 441 g/mol. The van der Waals surface area contributed by atoms with Crippen molar-refractivity contribution >= 4 is 29.3 Å². The molecule has 1 amide bonds. The van der Waals surface area contributed by atoms with Crippen molar-refractivity contribution in [2.24, 2.45) is 0 Å². The Balaban J connectivity index is 1.60. The van der Waals surface area contributed by atoms with Crippen molar-refractivity contribution in [1.29, 1.82) is 0 Å². The highest BCUT2D eigenvalue weighted by molar-refractivity contribution is 7.99. The van der Waals surface area contributed by atoms with Crippen molar-refractivity contribution < 1.29 is 19.1 Å². The average Bonchev–Trinajstić information content (AvgIpc) is 3.19. The van der Waals surface area contributed by atoms with Gasteiger partial charge in [0.05, 0.1) is 24.1 Å². The molecule has 3 rings (SSSR count). The van der Waals surface area contributed by atoms with Crippen LogP contribution in [0, 0.1) is 6.92 Å². The molecule has 1 N–H and O–H groups in total. The molecule has 0 aliphatic rings. The number of ether oxygens (including phenoxy) is 2. The maximum atomic E-state index is 12.4. The van der Waals surface area contributed by atoms with Crippen molar-refractivity contribution in [1.82, 2.24) is 14.8 Å². The van der Waals surface area contributed by atoms with E-state index in [1.165, 1.54) is 18.9 Å². The van der Waals surface area contributed by atoms with Gasteiger partial charge >= 0.3 is 5.97 Å². The zero-order valence-electron chi connectivity index (χ0n) is 17.6. The summed E-state index contributed by atoms with van der Waals surface area (Å²) >= 11 is 1.27. The Morgan fingerprint density at radius 3 is 2.55 bits per heavy atom. The Labute approximate surface area is 185 Å². The van der Waals surface area contributed by atoms with Crippen LogP contribution in [0.2, 0.25) is 0 Å². The number of aromatic nitrogens is 3. The van der Waals surface area contributed by atoms with Crippen molar-refractivity contribution in [3.63, 3.8) is 0 Å². The number of amides is 1. The monoisotopic (exact) mass is 440 g/mol. The molecule has 0 spiro atoms. The standard InChI is InChI=1S/C22H24N4O4S/c1-4-26-19(13-30-16-11-9-15(2)10-12-16)24-25-22(26)31-14-20(27)23-18-8-6-5-7-17(18)21(28)29-3/h5-12H,4,13-14H2,1-3H3,(H,23,27). The molecule has 3 aromatic rings. The minimum Gasteiger partial charge on any atom is -0.486 e. The number of nitrogens with zero attached hydrogens (tertiary/aromatic N) is 3. The van der Waals surface area contributed by atoms with Gasteiger partial charge in [0.1, 0.15) is 12.4 Å². The molecule has 9 heteroatoms. The minimum atomic E-state index is -0.507. The van der Waals surface area contributed by atoms with E-state index in [9.17, 15) is 9.59 Å². The van der Waals surface area contributed by atoms with E-state index in [2.05, 4.69) is 15.5 Å². The zero-order valence-corrected chi connectivity index (χ0v) is 18.4. The van der Waals surface area contributed by atoms with Crippen LogP contribution in [-0.4, -0.2) is 39.5 Å². The van der Waals surface area contributed by atoms with Gasteiger partial charge in [-0.2, -0.15) is 0 Å². The predicted octanol–water partition coefficient (Wildman–Crippen LogP) is 3.70. The van der Waals surface area contributed by atoms with Crippen LogP contribution >= 0.6 is 11.8 Å². The first kappa shape index (κ1) is 22.4. The summed E-state index contributed by atoms with van der Waals surface area (Å²) in [6.07, 6.45) is 0. The van der Waals surface area contributed by atoms with Gasteiger partial charge in [-0.3, -0.25) is 4.79 Å². The summed E-state index contributed by atoms with van der Waals surface area (Å²) in [6, 6.07) is 14.5. The lowest BCUT2D eigenvalue weighted by Crippen LogP contribution is -2.17. The molecule has 0 fully saturated rings. The van der Waals surface area contributed by atoms with Gasteiger partial charge in [0.15, 0.2) is 11.0 Å². The van der Waals surface area contributed by atoms with Crippen LogP contribution in [0.3, 0.4) is 0 Å². The van der Waals surface area contributed by atoms with E-state index in [1.54, 1.807) is 24.3 Å². The molecule has 1 heterocycles. The fourth-order valence-electron chi connectivity index (χ4n) is 2.83. The number of anilines is 1. The molecule has 1 aromatic heterocycles. The van der Waals surface area contributed by atoms with E-state index in [1.807, 2.05) is 42.7 Å². The summed E-state index contributed by atoms with van der Waals surface area (Å²) in [5.41, 5.74) is 1.87. The second-order valence-corrected chi connectivity index (χ2v) is 7.56. The summed E-state index contributed by atoms with van der Waals surface area (Å²) < 4.78 is 12.5. The zero-order chi connectivity index (χ0) is 22.2. The molecule has 0 unspecified atom stereocenters. The molecule has 0 aliphatic heterocycles. The van der Waals surface area contributed by atoms with E-state index in [0.717, 1.165) is 11.3 Å². The number of para-hydroxylation sites is 1. The van der Waals surface area contributed by atoms with Crippen molar-refractivity contribution in [2.75, 3.05) is 18.2 Å². The fourth-order valence-corrected chi connectivity index (χ4v) is 3.65. The number of carbonyl (C=O) groups excluding carboxylic acids is 2. The van der Waals surface area contributed by atoms with Gasteiger partial charge in [0.25, 0.3) is 0 Å². The number of rotatable bonds is 9. The number of hydrogen-bond acceptors (Lipinski definition) is 7. The highest BCUT2D eigenvalue weighted by Crippen LogP contribution is 2.21. The molecule has 0 bridgehead atoms. The third-order valence-corrected chi connectivity index (χ3v) is 5.40. The lowest BCUT2D eigenvalue weighted by atomic mass is 10.2. The first-order valence-corrected chi connectivity index (χ1v) is 10.7. The number of thioether (sulfide) groups is 1. The maximum Gasteiger partial charge on any atom is 0.339 e. The van der Waals surface area contributed by atoms with Gasteiger partial charge in [0.2, 0.25) is 5.91 Å². The summed E-state index contributed by atoms with van der Waals surface area (Å²) in [4.78, 5) is 24.3. The van der Waals surface area contributed by atoms with E-state index in [0.29, 0.717) is 28.8 Å². The van der Waals surface area contributed by atoms with E-state index in [4.69, 9.17) is 9.47 Å². The Kier molecular flexibility index (Phi) is 7.66. The molecule has 0 aliphatic carbocycles. The number of carbonyl (C=O) groups is 2. The molecule has 0 saturated carbocycles. The van der Waals surface area contributed by atoms with Crippen LogP contribution in [0.1, 0.15) is 28.7 Å². The van der Waals surface area contributed by atoms with Crippen LogP contribution in [0.25, 0.3) is 0 Å². The molecule has 162 valence electrons. The van der Waals surface area contributed by atoms with Crippen molar-refractivity contribution in [3.05, 3.63) is 65.5 Å². The topological polar surface area (TPSA) is 95.3 Å². The van der Waals surface area contributed by atoms with Gasteiger partial charge in [-0.1, -0.05) is 41.6 Å². The fraction of sp³-hybridized carbons (Fsp3) is 0.273. The Morgan fingerprint density at radius 1 is 1.10 bits per heavy atom. The van der Waals surface area contributed by atoms with Gasteiger partial charge in [-0.15, -0.1) is 10.2 Å². The van der Waals surface area contributed by atoms with Gasteiger partial charge < -0.3 is 19.4 Å². The van der Waals surface area contributed by atoms with Gasteiger partial charge in [0, 0.05) is 6.54 Å². The van der Waals surface area contributed by atoms with Crippen LogP contribution in [0.15, 0.2) is 53.7 Å². The molecule has 0 atom stereocenters. The molecule has 2 aromatic carbocycles. The third-order valence-electron chi connectivity index (χ3n) is 4.44. The van der Waals surface area contributed by atoms with Crippen molar-refractivity contribution in [2.45, 2.75) is 32.2 Å². The van der Waals surface area contributed by atoms with Gasteiger partial charge in [-0.05, 0) is 38.1 Å². The summed E-state index contributed by atoms with van der Waals surface area (Å²) in [5, 5.41) is 11.8. The first-order chi connectivity index (χ1) is 15.0. The smallest absolute Gasteiger partial charge is 0.339 e. The molecular formula is C22H24N4O4S. The van der Waals surface area contributed by atoms with E-state index in [-0.39, 0.29) is 18.3 Å². The Hall–Kier alpha value is -3.33. The summed E-state index contributed by atoms with van der Waals surface area (Å²) in [6.45, 7) is 4.93. The quantitative estimate of drug-likeness (QED) is 0.400. The normalized spacial score (nSPS) is 10.5. The molecule has 8 nitrogen and oxygen atoms in total. The number of benzene rings is 2. The SMILES string of the molecule is CCn1c(COc2ccc(C)cc2)nnc1SCC(=O)Nc1ccccc1C(=O)OC. The summed E-state index contributed by atoms with van der Waals surface area (Å²) in [5.74, 6) is 0.792. The van der Waals surface area contributed by atoms with E-state index >= 15 is 0 Å². The number of nitrogens with one attached hydrogen (secondary N) is 1. The Morgan fingerprint density at radius 2 is 1.84 bits per heavy atom. The molecular weight excluding hydrogens is 416 g/mol. The van der Waals surface area contributed by atoms with Crippen molar-refractivity contribution in [3.8, 4) is 5.75 Å². The molecule has 0 radical (unpaired) electrons. The number of hydrogen-bond donors (Lipinski definition) is 1. The molecule has 0 saturated heterocycles. The van der Waals surface area contributed by atoms with Crippen LogP contribution < -0.4 is 10.1 Å². The minimum absolute atomic E-state index is 0.118.